The molecule has 1 atom stereocenters. The van der Waals surface area contributed by atoms with E-state index in [1.807, 2.05) is 67.6 Å². The molecule has 0 radical (unpaired) electrons. The first kappa shape index (κ1) is 17.1. The van der Waals surface area contributed by atoms with E-state index in [2.05, 4.69) is 5.10 Å². The number of benzene rings is 2. The Kier molecular flexibility index (Phi) is 4.50. The molecule has 0 spiro atoms. The molecule has 5 heteroatoms. The summed E-state index contributed by atoms with van der Waals surface area (Å²) in [6, 6.07) is 18.7. The van der Waals surface area contributed by atoms with Gasteiger partial charge in [-0.05, 0) is 43.3 Å². The smallest absolute Gasteiger partial charge is 0.274 e. The van der Waals surface area contributed by atoms with Gasteiger partial charge in [0.1, 0.15) is 17.6 Å². The van der Waals surface area contributed by atoms with Gasteiger partial charge in [-0.15, -0.1) is 0 Å². The van der Waals surface area contributed by atoms with Gasteiger partial charge in [-0.3, -0.25) is 4.79 Å². The number of carbonyl (C=O) groups is 1. The van der Waals surface area contributed by atoms with Gasteiger partial charge in [0.25, 0.3) is 5.91 Å². The van der Waals surface area contributed by atoms with E-state index in [0.717, 1.165) is 28.3 Å². The fourth-order valence-corrected chi connectivity index (χ4v) is 3.29. The third-order valence-electron chi connectivity index (χ3n) is 4.66. The molecule has 2 heterocycles. The van der Waals surface area contributed by atoms with Crippen LogP contribution in [-0.4, -0.2) is 23.7 Å². The highest BCUT2D eigenvalue weighted by molar-refractivity contribution is 6.05. The third-order valence-corrected chi connectivity index (χ3v) is 4.66. The maximum Gasteiger partial charge on any atom is 0.274 e. The molecule has 0 saturated heterocycles. The lowest BCUT2D eigenvalue weighted by Crippen LogP contribution is -2.26. The van der Waals surface area contributed by atoms with Crippen LogP contribution in [0.1, 0.15) is 39.7 Å². The van der Waals surface area contributed by atoms with Crippen LogP contribution in [0.5, 0.6) is 5.75 Å². The van der Waals surface area contributed by atoms with E-state index in [1.54, 1.807) is 13.4 Å². The summed E-state index contributed by atoms with van der Waals surface area (Å²) in [5, 5.41) is 6.19. The Bertz CT molecular complexity index is 992. The van der Waals surface area contributed by atoms with Gasteiger partial charge in [-0.1, -0.05) is 29.8 Å². The van der Waals surface area contributed by atoms with Gasteiger partial charge in [-0.25, -0.2) is 5.01 Å². The van der Waals surface area contributed by atoms with Crippen molar-refractivity contribution in [2.24, 2.45) is 5.10 Å². The van der Waals surface area contributed by atoms with E-state index in [4.69, 9.17) is 9.15 Å². The van der Waals surface area contributed by atoms with Gasteiger partial charge >= 0.3 is 0 Å². The number of carbonyl (C=O) groups excluding carboxylic acids is 1. The molecule has 0 unspecified atom stereocenters. The number of hydrazone groups is 1. The van der Waals surface area contributed by atoms with Crippen molar-refractivity contribution in [3.63, 3.8) is 0 Å². The summed E-state index contributed by atoms with van der Waals surface area (Å²) < 4.78 is 10.9. The molecule has 1 aliphatic rings. The van der Waals surface area contributed by atoms with Crippen LogP contribution in [0.25, 0.3) is 0 Å². The number of ether oxygens (including phenoxy) is 1. The summed E-state index contributed by atoms with van der Waals surface area (Å²) in [7, 11) is 1.63. The zero-order chi connectivity index (χ0) is 18.8. The second-order valence-corrected chi connectivity index (χ2v) is 6.53. The van der Waals surface area contributed by atoms with Crippen molar-refractivity contribution >= 4 is 11.6 Å². The van der Waals surface area contributed by atoms with Gasteiger partial charge in [0.15, 0.2) is 0 Å². The summed E-state index contributed by atoms with van der Waals surface area (Å²) in [4.78, 5) is 13.2. The molecular formula is C22H20N2O3. The molecule has 1 amide bonds. The minimum absolute atomic E-state index is 0.141. The number of hydrogen-bond acceptors (Lipinski definition) is 4. The van der Waals surface area contributed by atoms with Gasteiger partial charge < -0.3 is 9.15 Å². The SMILES string of the molecule is COc1cccc(C2=NN(C(=O)c3cccc(C)c3)[C@H](c3ccco3)C2)c1. The highest BCUT2D eigenvalue weighted by Crippen LogP contribution is 2.34. The lowest BCUT2D eigenvalue weighted by Gasteiger charge is -2.20. The van der Waals surface area contributed by atoms with E-state index in [1.165, 1.54) is 5.01 Å². The Labute approximate surface area is 157 Å². The van der Waals surface area contributed by atoms with Crippen LogP contribution in [-0.2, 0) is 0 Å². The first-order valence-corrected chi connectivity index (χ1v) is 8.81. The van der Waals surface area contributed by atoms with Crippen molar-refractivity contribution in [1.29, 1.82) is 0 Å². The first-order chi connectivity index (χ1) is 13.2. The highest BCUT2D eigenvalue weighted by Gasteiger charge is 2.35. The minimum atomic E-state index is -0.269. The largest absolute Gasteiger partial charge is 0.497 e. The summed E-state index contributed by atoms with van der Waals surface area (Å²) in [5.41, 5.74) is 3.41. The molecule has 0 N–H and O–H groups in total. The monoisotopic (exact) mass is 360 g/mol. The Balaban J connectivity index is 1.72. The van der Waals surface area contributed by atoms with E-state index < -0.39 is 0 Å². The molecule has 5 nitrogen and oxygen atoms in total. The first-order valence-electron chi connectivity index (χ1n) is 8.81. The fraction of sp³-hybridized carbons (Fsp3) is 0.182. The van der Waals surface area contributed by atoms with Crippen LogP contribution in [0, 0.1) is 6.92 Å². The van der Waals surface area contributed by atoms with Crippen LogP contribution in [0.15, 0.2) is 76.4 Å². The van der Waals surface area contributed by atoms with Gasteiger partial charge in [0.2, 0.25) is 0 Å². The molecule has 3 aromatic rings. The lowest BCUT2D eigenvalue weighted by atomic mass is 10.0. The molecular weight excluding hydrogens is 340 g/mol. The average molecular weight is 360 g/mol. The summed E-state index contributed by atoms with van der Waals surface area (Å²) in [6.45, 7) is 1.97. The maximum absolute atomic E-state index is 13.2. The van der Waals surface area contributed by atoms with Crippen molar-refractivity contribution < 1.29 is 13.9 Å². The number of amides is 1. The standard InChI is InChI=1S/C22H20N2O3/c1-15-6-3-8-17(12-15)22(25)24-20(21-10-5-11-27-21)14-19(23-24)16-7-4-9-18(13-16)26-2/h3-13,20H,14H2,1-2H3/t20-/m0/s1. The van der Waals surface area contributed by atoms with Crippen LogP contribution in [0.3, 0.4) is 0 Å². The molecule has 1 aromatic heterocycles. The molecule has 27 heavy (non-hydrogen) atoms. The summed E-state index contributed by atoms with van der Waals surface area (Å²) in [5.74, 6) is 1.34. The van der Waals surface area contributed by atoms with Crippen LogP contribution >= 0.6 is 0 Å². The van der Waals surface area contributed by atoms with Gasteiger partial charge in [0, 0.05) is 17.5 Å². The third kappa shape index (κ3) is 3.36. The highest BCUT2D eigenvalue weighted by atomic mass is 16.5. The Morgan fingerprint density at radius 2 is 2.00 bits per heavy atom. The summed E-state index contributed by atoms with van der Waals surface area (Å²) in [6.07, 6.45) is 2.20. The number of aryl methyl sites for hydroxylation is 1. The van der Waals surface area contributed by atoms with Crippen LogP contribution < -0.4 is 4.74 Å². The maximum atomic E-state index is 13.2. The summed E-state index contributed by atoms with van der Waals surface area (Å²) >= 11 is 0. The van der Waals surface area contributed by atoms with Crippen molar-refractivity contribution in [2.75, 3.05) is 7.11 Å². The number of rotatable bonds is 4. The Hall–Kier alpha value is -3.34. The lowest BCUT2D eigenvalue weighted by molar-refractivity contribution is 0.0692. The van der Waals surface area contributed by atoms with Crippen LogP contribution in [0.2, 0.25) is 0 Å². The average Bonchev–Trinajstić information content (AvgIpc) is 3.37. The molecule has 4 rings (SSSR count). The second-order valence-electron chi connectivity index (χ2n) is 6.53. The van der Waals surface area contributed by atoms with Crippen molar-refractivity contribution in [3.05, 3.63) is 89.4 Å². The van der Waals surface area contributed by atoms with E-state index in [-0.39, 0.29) is 11.9 Å². The van der Waals surface area contributed by atoms with Crippen LogP contribution in [0.4, 0.5) is 0 Å². The Morgan fingerprint density at radius 3 is 2.74 bits per heavy atom. The quantitative estimate of drug-likeness (QED) is 0.684. The Morgan fingerprint density at radius 1 is 1.15 bits per heavy atom. The number of nitrogens with zero attached hydrogens (tertiary/aromatic N) is 2. The second kappa shape index (κ2) is 7.11. The molecule has 0 fully saturated rings. The predicted octanol–water partition coefficient (Wildman–Crippen LogP) is 4.59. The van der Waals surface area contributed by atoms with Crippen molar-refractivity contribution in [3.8, 4) is 5.75 Å². The zero-order valence-electron chi connectivity index (χ0n) is 15.3. The normalized spacial score (nSPS) is 16.3. The topological polar surface area (TPSA) is 55.0 Å². The molecule has 0 saturated carbocycles. The van der Waals surface area contributed by atoms with Crippen molar-refractivity contribution in [2.45, 2.75) is 19.4 Å². The number of hydrogen-bond donors (Lipinski definition) is 0. The zero-order valence-corrected chi connectivity index (χ0v) is 15.3. The molecule has 1 aliphatic heterocycles. The van der Waals surface area contributed by atoms with E-state index >= 15 is 0 Å². The van der Waals surface area contributed by atoms with Gasteiger partial charge in [0.05, 0.1) is 19.1 Å². The number of methoxy groups -OCH3 is 1. The molecule has 0 bridgehead atoms. The van der Waals surface area contributed by atoms with Gasteiger partial charge in [-0.2, -0.15) is 5.10 Å². The van der Waals surface area contributed by atoms with Crippen molar-refractivity contribution in [1.82, 2.24) is 5.01 Å². The van der Waals surface area contributed by atoms with E-state index in [9.17, 15) is 4.79 Å². The molecule has 136 valence electrons. The molecule has 2 aromatic carbocycles. The number of furan rings is 1. The minimum Gasteiger partial charge on any atom is -0.497 e. The fourth-order valence-electron chi connectivity index (χ4n) is 3.29. The molecule has 0 aliphatic carbocycles. The van der Waals surface area contributed by atoms with E-state index in [0.29, 0.717) is 12.0 Å². The predicted molar refractivity (Wildman–Crippen MR) is 103 cm³/mol.